The molecule has 1 aromatic carbocycles. The van der Waals surface area contributed by atoms with Crippen molar-refractivity contribution < 1.29 is 0 Å². The van der Waals surface area contributed by atoms with Crippen LogP contribution in [0.5, 0.6) is 0 Å². The zero-order valence-corrected chi connectivity index (χ0v) is 8.39. The maximum absolute atomic E-state index is 6.04. The summed E-state index contributed by atoms with van der Waals surface area (Å²) in [6.45, 7) is 1.82. The Hall–Kier alpha value is -0.860. The van der Waals surface area contributed by atoms with Crippen molar-refractivity contribution in [1.29, 1.82) is 0 Å². The van der Waals surface area contributed by atoms with Crippen LogP contribution in [0.4, 0.5) is 0 Å². The predicted octanol–water partition coefficient (Wildman–Crippen LogP) is 3.25. The lowest BCUT2D eigenvalue weighted by Crippen LogP contribution is -1.89. The Bertz CT molecular complexity index is 463. The van der Waals surface area contributed by atoms with Gasteiger partial charge in [-0.1, -0.05) is 23.2 Å². The van der Waals surface area contributed by atoms with Crippen molar-refractivity contribution in [1.82, 2.24) is 10.2 Å². The number of hydrogen-bond donors (Lipinski definition) is 0. The molecule has 1 aromatic heterocycles. The highest BCUT2D eigenvalue weighted by Crippen LogP contribution is 2.25. The lowest BCUT2D eigenvalue weighted by atomic mass is 10.2. The first kappa shape index (κ1) is 8.73. The van der Waals surface area contributed by atoms with Gasteiger partial charge in [0.15, 0.2) is 0 Å². The molecule has 0 amide bonds. The van der Waals surface area contributed by atoms with Crippen molar-refractivity contribution >= 4 is 34.1 Å². The van der Waals surface area contributed by atoms with Crippen LogP contribution in [0, 0.1) is 6.92 Å². The lowest BCUT2D eigenvalue weighted by Gasteiger charge is -2.01. The fourth-order valence-corrected chi connectivity index (χ4v) is 1.50. The predicted molar refractivity (Wildman–Crippen MR) is 54.3 cm³/mol. The summed E-state index contributed by atoms with van der Waals surface area (Å²) in [5.41, 5.74) is 1.48. The minimum atomic E-state index is 0.618. The molecule has 0 aliphatic rings. The summed E-state index contributed by atoms with van der Waals surface area (Å²) in [7, 11) is 0. The summed E-state index contributed by atoms with van der Waals surface area (Å²) in [5, 5.41) is 10.0. The average Bonchev–Trinajstić information content (AvgIpc) is 2.12. The van der Waals surface area contributed by atoms with Crippen LogP contribution in [-0.2, 0) is 0 Å². The van der Waals surface area contributed by atoms with Crippen molar-refractivity contribution in [2.24, 2.45) is 0 Å². The van der Waals surface area contributed by atoms with E-state index in [1.807, 2.05) is 6.92 Å². The second-order valence-corrected chi connectivity index (χ2v) is 3.58. The van der Waals surface area contributed by atoms with E-state index in [0.29, 0.717) is 10.0 Å². The molecule has 0 saturated carbocycles. The highest BCUT2D eigenvalue weighted by Gasteiger charge is 2.04. The summed E-state index contributed by atoms with van der Waals surface area (Å²) >= 11 is 11.9. The molecule has 2 rings (SSSR count). The number of aryl methyl sites for hydroxylation is 1. The SMILES string of the molecule is Cc1nnc2ccc(Cl)cc2c1Cl. The summed E-state index contributed by atoms with van der Waals surface area (Å²) in [5.74, 6) is 0. The summed E-state index contributed by atoms with van der Waals surface area (Å²) in [6, 6.07) is 5.36. The molecule has 1 heterocycles. The van der Waals surface area contributed by atoms with E-state index in [9.17, 15) is 0 Å². The van der Waals surface area contributed by atoms with Gasteiger partial charge in [-0.3, -0.25) is 0 Å². The number of fused-ring (bicyclic) bond motifs is 1. The van der Waals surface area contributed by atoms with Crippen LogP contribution in [0.1, 0.15) is 5.69 Å². The fraction of sp³-hybridized carbons (Fsp3) is 0.111. The quantitative estimate of drug-likeness (QED) is 0.671. The van der Waals surface area contributed by atoms with Crippen molar-refractivity contribution in [3.63, 3.8) is 0 Å². The first-order valence-corrected chi connectivity index (χ1v) is 4.52. The number of hydrogen-bond acceptors (Lipinski definition) is 2. The van der Waals surface area contributed by atoms with E-state index in [1.54, 1.807) is 18.2 Å². The third kappa shape index (κ3) is 1.47. The van der Waals surface area contributed by atoms with Gasteiger partial charge in [0.05, 0.1) is 16.2 Å². The van der Waals surface area contributed by atoms with Crippen LogP contribution < -0.4 is 0 Å². The van der Waals surface area contributed by atoms with E-state index >= 15 is 0 Å². The molecule has 0 radical (unpaired) electrons. The van der Waals surface area contributed by atoms with Crippen molar-refractivity contribution in [2.45, 2.75) is 6.92 Å². The lowest BCUT2D eigenvalue weighted by molar-refractivity contribution is 1.02. The maximum Gasteiger partial charge on any atom is 0.0945 e. The molecular weight excluding hydrogens is 207 g/mol. The summed E-state index contributed by atoms with van der Waals surface area (Å²) in [4.78, 5) is 0. The Morgan fingerprint density at radius 2 is 1.92 bits per heavy atom. The molecule has 0 atom stereocenters. The highest BCUT2D eigenvalue weighted by molar-refractivity contribution is 6.37. The Labute approximate surface area is 85.5 Å². The van der Waals surface area contributed by atoms with E-state index in [-0.39, 0.29) is 0 Å². The Balaban J connectivity index is 2.89. The Kier molecular flexibility index (Phi) is 2.10. The minimum absolute atomic E-state index is 0.618. The molecule has 13 heavy (non-hydrogen) atoms. The van der Waals surface area contributed by atoms with Crippen LogP contribution in [0.15, 0.2) is 18.2 Å². The summed E-state index contributed by atoms with van der Waals surface area (Å²) in [6.07, 6.45) is 0. The van der Waals surface area contributed by atoms with Gasteiger partial charge < -0.3 is 0 Å². The van der Waals surface area contributed by atoms with Gasteiger partial charge in [-0.05, 0) is 25.1 Å². The normalized spacial score (nSPS) is 10.7. The molecule has 0 fully saturated rings. The largest absolute Gasteiger partial charge is 0.154 e. The van der Waals surface area contributed by atoms with Crippen LogP contribution in [-0.4, -0.2) is 10.2 Å². The molecule has 66 valence electrons. The van der Waals surface area contributed by atoms with Gasteiger partial charge in [-0.15, -0.1) is 0 Å². The molecule has 2 nitrogen and oxygen atoms in total. The maximum atomic E-state index is 6.04. The van der Waals surface area contributed by atoms with Crippen LogP contribution in [0.2, 0.25) is 10.0 Å². The van der Waals surface area contributed by atoms with Gasteiger partial charge in [0.2, 0.25) is 0 Å². The third-order valence-electron chi connectivity index (χ3n) is 1.82. The monoisotopic (exact) mass is 212 g/mol. The van der Waals surface area contributed by atoms with Gasteiger partial charge >= 0.3 is 0 Å². The van der Waals surface area contributed by atoms with Crippen LogP contribution in [0.3, 0.4) is 0 Å². The smallest absolute Gasteiger partial charge is 0.0945 e. The van der Waals surface area contributed by atoms with Crippen molar-refractivity contribution in [3.8, 4) is 0 Å². The van der Waals surface area contributed by atoms with Gasteiger partial charge in [0, 0.05) is 10.4 Å². The number of aromatic nitrogens is 2. The molecule has 0 spiro atoms. The molecule has 0 aliphatic carbocycles. The molecule has 0 N–H and O–H groups in total. The molecule has 0 bridgehead atoms. The molecular formula is C9H6Cl2N2. The molecule has 0 aliphatic heterocycles. The zero-order valence-electron chi connectivity index (χ0n) is 6.88. The molecule has 4 heteroatoms. The van der Waals surface area contributed by atoms with Gasteiger partial charge in [0.1, 0.15) is 0 Å². The van der Waals surface area contributed by atoms with E-state index in [1.165, 1.54) is 0 Å². The van der Waals surface area contributed by atoms with E-state index in [0.717, 1.165) is 16.6 Å². The average molecular weight is 213 g/mol. The Morgan fingerprint density at radius 3 is 2.69 bits per heavy atom. The van der Waals surface area contributed by atoms with Crippen LogP contribution >= 0.6 is 23.2 Å². The first-order valence-electron chi connectivity index (χ1n) is 3.76. The van der Waals surface area contributed by atoms with Gasteiger partial charge in [-0.2, -0.15) is 10.2 Å². The molecule has 2 aromatic rings. The van der Waals surface area contributed by atoms with E-state index in [2.05, 4.69) is 10.2 Å². The van der Waals surface area contributed by atoms with E-state index < -0.39 is 0 Å². The minimum Gasteiger partial charge on any atom is -0.154 e. The topological polar surface area (TPSA) is 25.8 Å². The Morgan fingerprint density at radius 1 is 1.15 bits per heavy atom. The molecule has 0 unspecified atom stereocenters. The van der Waals surface area contributed by atoms with Crippen molar-refractivity contribution in [3.05, 3.63) is 33.9 Å². The van der Waals surface area contributed by atoms with Gasteiger partial charge in [0.25, 0.3) is 0 Å². The molecule has 0 saturated heterocycles. The number of nitrogens with zero attached hydrogens (tertiary/aromatic N) is 2. The second kappa shape index (κ2) is 3.13. The number of rotatable bonds is 0. The summed E-state index contributed by atoms with van der Waals surface area (Å²) < 4.78 is 0. The number of halogens is 2. The third-order valence-corrected chi connectivity index (χ3v) is 2.53. The second-order valence-electron chi connectivity index (χ2n) is 2.76. The first-order chi connectivity index (χ1) is 6.18. The zero-order chi connectivity index (χ0) is 9.42. The van der Waals surface area contributed by atoms with Crippen LogP contribution in [0.25, 0.3) is 10.9 Å². The fourth-order valence-electron chi connectivity index (χ4n) is 1.14. The highest BCUT2D eigenvalue weighted by atomic mass is 35.5. The van der Waals surface area contributed by atoms with Crippen molar-refractivity contribution in [2.75, 3.05) is 0 Å². The van der Waals surface area contributed by atoms with Gasteiger partial charge in [-0.25, -0.2) is 0 Å². The van der Waals surface area contributed by atoms with E-state index in [4.69, 9.17) is 23.2 Å². The number of benzene rings is 1. The standard InChI is InChI=1S/C9H6Cl2N2/c1-5-9(11)7-4-6(10)2-3-8(7)13-12-5/h2-4H,1H3.